The Bertz CT molecular complexity index is 938. The Balaban J connectivity index is 2.72. The molecule has 0 unspecified atom stereocenters. The minimum atomic E-state index is -6.82. The molecule has 0 atom stereocenters. The number of hydrogen-bond acceptors (Lipinski definition) is 3. The third kappa shape index (κ3) is 3.77. The van der Waals surface area contributed by atoms with E-state index in [-0.39, 0.29) is 14.5 Å². The monoisotopic (exact) mass is 545 g/mol. The molecular weight excluding hydrogens is 541 g/mol. The van der Waals surface area contributed by atoms with E-state index in [9.17, 15) is 39.2 Å². The molecule has 0 aliphatic heterocycles. The van der Waals surface area contributed by atoms with Crippen molar-refractivity contribution in [2.45, 2.75) is 28.7 Å². The van der Waals surface area contributed by atoms with Gasteiger partial charge in [-0.25, -0.2) is 8.42 Å². The SMILES string of the molecule is O=S(=O)(c1cc(Br)[c]c(Br)c1Cc1ccoc1)C(F)(F)C(F)(F)C(F)(F)F. The Kier molecular flexibility index (Phi) is 5.81. The van der Waals surface area contributed by atoms with Gasteiger partial charge < -0.3 is 4.42 Å². The van der Waals surface area contributed by atoms with Crippen LogP contribution in [0.1, 0.15) is 11.1 Å². The number of halogens is 9. The van der Waals surface area contributed by atoms with Crippen LogP contribution in [0.4, 0.5) is 30.7 Å². The van der Waals surface area contributed by atoms with E-state index in [4.69, 9.17) is 4.42 Å². The van der Waals surface area contributed by atoms with E-state index in [1.807, 2.05) is 0 Å². The molecule has 0 bridgehead atoms. The molecule has 2 rings (SSSR count). The summed E-state index contributed by atoms with van der Waals surface area (Å²) < 4.78 is 120. The zero-order valence-electron chi connectivity index (χ0n) is 12.6. The van der Waals surface area contributed by atoms with Gasteiger partial charge in [-0.15, -0.1) is 0 Å². The van der Waals surface area contributed by atoms with Gasteiger partial charge in [0.1, 0.15) is 0 Å². The Morgan fingerprint density at radius 2 is 1.67 bits per heavy atom. The Hall–Kier alpha value is -1.08. The smallest absolute Gasteiger partial charge is 0.461 e. The van der Waals surface area contributed by atoms with Gasteiger partial charge in [0.2, 0.25) is 0 Å². The lowest BCUT2D eigenvalue weighted by Crippen LogP contribution is -2.56. The summed E-state index contributed by atoms with van der Waals surface area (Å²) in [6, 6.07) is 4.28. The van der Waals surface area contributed by atoms with Crippen LogP contribution < -0.4 is 0 Å². The van der Waals surface area contributed by atoms with Crippen LogP contribution in [0.5, 0.6) is 0 Å². The minimum absolute atomic E-state index is 0.220. The second kappa shape index (κ2) is 7.07. The first kappa shape index (κ1) is 22.2. The summed E-state index contributed by atoms with van der Waals surface area (Å²) in [5.41, 5.74) is -0.231. The summed E-state index contributed by atoms with van der Waals surface area (Å²) in [5, 5.41) is -6.45. The Morgan fingerprint density at radius 3 is 2.15 bits per heavy atom. The molecule has 0 N–H and O–H groups in total. The number of sulfone groups is 1. The number of hydrogen-bond donors (Lipinski definition) is 0. The van der Waals surface area contributed by atoms with Crippen molar-refractivity contribution in [2.75, 3.05) is 0 Å². The fourth-order valence-corrected chi connectivity index (χ4v) is 5.04. The summed E-state index contributed by atoms with van der Waals surface area (Å²) in [6.07, 6.45) is -4.91. The summed E-state index contributed by atoms with van der Waals surface area (Å²) in [5.74, 6) is -6.82. The van der Waals surface area contributed by atoms with Gasteiger partial charge in [-0.1, -0.05) is 15.9 Å². The van der Waals surface area contributed by atoms with Crippen LogP contribution in [-0.4, -0.2) is 25.8 Å². The van der Waals surface area contributed by atoms with Gasteiger partial charge in [-0.3, -0.25) is 0 Å². The van der Waals surface area contributed by atoms with Gasteiger partial charge in [0.25, 0.3) is 9.84 Å². The predicted octanol–water partition coefficient (Wildman–Crippen LogP) is 5.76. The lowest BCUT2D eigenvalue weighted by molar-refractivity contribution is -0.332. The average Bonchev–Trinajstić information content (AvgIpc) is 3.01. The van der Waals surface area contributed by atoms with E-state index in [1.54, 1.807) is 0 Å². The summed E-state index contributed by atoms with van der Waals surface area (Å²) in [4.78, 5) is -1.41. The standard InChI is InChI=1S/C14H6Br2F7O3S/c15-8-4-10(16)9(3-7-1-2-26-6-7)11(5-8)27(24,25)14(22,23)12(17,18)13(19,20)21/h1-2,5-6H,3H2. The summed E-state index contributed by atoms with van der Waals surface area (Å²) in [6.45, 7) is 0. The van der Waals surface area contributed by atoms with Crippen molar-refractivity contribution < 1.29 is 43.6 Å². The first-order chi connectivity index (χ1) is 12.1. The Labute approximate surface area is 164 Å². The van der Waals surface area contributed by atoms with Crippen LogP contribution in [0, 0.1) is 6.07 Å². The number of rotatable bonds is 5. The molecule has 0 aliphatic carbocycles. The molecule has 0 fully saturated rings. The van der Waals surface area contributed by atoms with Gasteiger partial charge in [0.05, 0.1) is 17.4 Å². The van der Waals surface area contributed by atoms with Crippen molar-refractivity contribution in [3.63, 3.8) is 0 Å². The molecular formula is C14H6Br2F7O3S. The molecule has 149 valence electrons. The lowest BCUT2D eigenvalue weighted by atomic mass is 10.1. The molecule has 13 heteroatoms. The molecule has 1 heterocycles. The second-order valence-corrected chi connectivity index (χ2v) is 8.78. The van der Waals surface area contributed by atoms with Crippen LogP contribution in [-0.2, 0) is 16.3 Å². The molecule has 0 amide bonds. The molecule has 0 spiro atoms. The van der Waals surface area contributed by atoms with Gasteiger partial charge in [-0.05, 0) is 39.2 Å². The summed E-state index contributed by atoms with van der Waals surface area (Å²) >= 11 is 5.61. The molecule has 0 aliphatic rings. The Morgan fingerprint density at radius 1 is 1.07 bits per heavy atom. The van der Waals surface area contributed by atoms with Crippen LogP contribution in [0.3, 0.4) is 0 Å². The maximum atomic E-state index is 14.0. The molecule has 27 heavy (non-hydrogen) atoms. The van der Waals surface area contributed by atoms with E-state index in [0.29, 0.717) is 6.07 Å². The maximum Gasteiger partial charge on any atom is 0.461 e. The number of benzene rings is 1. The highest BCUT2D eigenvalue weighted by molar-refractivity contribution is 9.11. The van der Waals surface area contributed by atoms with Crippen LogP contribution in [0.25, 0.3) is 0 Å². The highest BCUT2D eigenvalue weighted by Gasteiger charge is 2.78. The van der Waals surface area contributed by atoms with Crippen molar-refractivity contribution in [1.82, 2.24) is 0 Å². The molecule has 3 nitrogen and oxygen atoms in total. The van der Waals surface area contributed by atoms with Gasteiger partial charge in [0, 0.05) is 21.4 Å². The van der Waals surface area contributed by atoms with E-state index in [0.717, 1.165) is 6.26 Å². The average molecular weight is 547 g/mol. The molecule has 1 radical (unpaired) electrons. The van der Waals surface area contributed by atoms with Gasteiger partial charge in [-0.2, -0.15) is 30.7 Å². The highest BCUT2D eigenvalue weighted by atomic mass is 79.9. The molecule has 0 saturated heterocycles. The van der Waals surface area contributed by atoms with E-state index in [2.05, 4.69) is 37.9 Å². The van der Waals surface area contributed by atoms with Gasteiger partial charge in [0.15, 0.2) is 0 Å². The largest absolute Gasteiger partial charge is 0.472 e. The van der Waals surface area contributed by atoms with Crippen molar-refractivity contribution in [1.29, 1.82) is 0 Å². The zero-order valence-corrected chi connectivity index (χ0v) is 16.5. The third-order valence-corrected chi connectivity index (χ3v) is 6.34. The fourth-order valence-electron chi connectivity index (χ4n) is 2.00. The van der Waals surface area contributed by atoms with Crippen LogP contribution in [0.15, 0.2) is 42.9 Å². The van der Waals surface area contributed by atoms with Crippen molar-refractivity contribution in [3.8, 4) is 0 Å². The quantitative estimate of drug-likeness (QED) is 0.448. The number of furan rings is 1. The first-order valence-corrected chi connectivity index (χ1v) is 9.68. The molecule has 1 aromatic carbocycles. The predicted molar refractivity (Wildman–Crippen MR) is 85.3 cm³/mol. The number of alkyl halides is 7. The highest BCUT2D eigenvalue weighted by Crippen LogP contribution is 2.51. The zero-order chi connectivity index (χ0) is 20.8. The van der Waals surface area contributed by atoms with Crippen LogP contribution in [0.2, 0.25) is 0 Å². The lowest BCUT2D eigenvalue weighted by Gasteiger charge is -2.28. The first-order valence-electron chi connectivity index (χ1n) is 6.61. The van der Waals surface area contributed by atoms with Crippen molar-refractivity contribution in [2.24, 2.45) is 0 Å². The topological polar surface area (TPSA) is 47.3 Å². The normalized spacial score (nSPS) is 13.8. The van der Waals surface area contributed by atoms with E-state index in [1.165, 1.54) is 12.3 Å². The van der Waals surface area contributed by atoms with E-state index >= 15 is 0 Å². The van der Waals surface area contributed by atoms with Crippen LogP contribution >= 0.6 is 31.9 Å². The van der Waals surface area contributed by atoms with E-state index < -0.39 is 44.1 Å². The van der Waals surface area contributed by atoms with Gasteiger partial charge >= 0.3 is 17.4 Å². The maximum absolute atomic E-state index is 14.0. The molecule has 1 aromatic heterocycles. The van der Waals surface area contributed by atoms with Crippen molar-refractivity contribution >= 4 is 41.7 Å². The fraction of sp³-hybridized carbons (Fsp3) is 0.286. The summed E-state index contributed by atoms with van der Waals surface area (Å²) in [7, 11) is -6.47. The van der Waals surface area contributed by atoms with Crippen molar-refractivity contribution in [3.05, 3.63) is 50.8 Å². The minimum Gasteiger partial charge on any atom is -0.472 e. The second-order valence-electron chi connectivity index (χ2n) is 5.17. The molecule has 0 saturated carbocycles. The third-order valence-electron chi connectivity index (χ3n) is 3.36. The molecule has 2 aromatic rings.